The van der Waals surface area contributed by atoms with Crippen LogP contribution >= 0.6 is 0 Å². The van der Waals surface area contributed by atoms with Crippen LogP contribution in [0.1, 0.15) is 53.6 Å². The first-order valence-corrected chi connectivity index (χ1v) is 11.4. The second-order valence-corrected chi connectivity index (χ2v) is 8.63. The summed E-state index contributed by atoms with van der Waals surface area (Å²) in [4.78, 5) is 15.5. The van der Waals surface area contributed by atoms with Gasteiger partial charge in [0.25, 0.3) is 0 Å². The van der Waals surface area contributed by atoms with E-state index in [1.807, 2.05) is 6.07 Å². The largest absolute Gasteiger partial charge is 0.493 e. The zero-order chi connectivity index (χ0) is 22.9. The molecule has 2 aliphatic heterocycles. The number of hydrogen-bond acceptors (Lipinski definition) is 7. The predicted molar refractivity (Wildman–Crippen MR) is 123 cm³/mol. The number of carbonyl (C=O) groups is 1. The highest BCUT2D eigenvalue weighted by atomic mass is 16.5. The van der Waals surface area contributed by atoms with E-state index in [1.54, 1.807) is 45.6 Å². The SMILES string of the molecule is COc1cc(/C=C2/Oc3c(ccc4c3CN(C3CCCCC3)CO4)C2=O)cc(OC)c1OC. The van der Waals surface area contributed by atoms with Gasteiger partial charge in [-0.2, -0.15) is 0 Å². The number of methoxy groups -OCH3 is 3. The Morgan fingerprint density at radius 3 is 2.39 bits per heavy atom. The van der Waals surface area contributed by atoms with Gasteiger partial charge in [-0.1, -0.05) is 19.3 Å². The minimum absolute atomic E-state index is 0.142. The molecule has 0 saturated heterocycles. The molecule has 174 valence electrons. The molecule has 0 N–H and O–H groups in total. The number of ether oxygens (including phenoxy) is 5. The van der Waals surface area contributed by atoms with Crippen LogP contribution in [0.4, 0.5) is 0 Å². The zero-order valence-corrected chi connectivity index (χ0v) is 19.3. The highest BCUT2D eigenvalue weighted by molar-refractivity contribution is 6.15. The molecule has 2 heterocycles. The first-order chi connectivity index (χ1) is 16.1. The van der Waals surface area contributed by atoms with Crippen molar-refractivity contribution >= 4 is 11.9 Å². The number of Topliss-reactive ketones (excluding diaryl/α,β-unsaturated/α-hetero) is 1. The molecular formula is C26H29NO6. The molecule has 2 aromatic rings. The summed E-state index contributed by atoms with van der Waals surface area (Å²) in [6, 6.07) is 7.78. The van der Waals surface area contributed by atoms with Crippen molar-refractivity contribution in [2.24, 2.45) is 0 Å². The van der Waals surface area contributed by atoms with Crippen molar-refractivity contribution in [3.05, 3.63) is 46.7 Å². The van der Waals surface area contributed by atoms with E-state index >= 15 is 0 Å². The fraction of sp³-hybridized carbons (Fsp3) is 0.423. The molecule has 5 rings (SSSR count). The molecule has 0 bridgehead atoms. The van der Waals surface area contributed by atoms with E-state index < -0.39 is 0 Å². The number of benzene rings is 2. The smallest absolute Gasteiger partial charge is 0.231 e. The van der Waals surface area contributed by atoms with Crippen LogP contribution in [0.25, 0.3) is 6.08 Å². The van der Waals surface area contributed by atoms with Gasteiger partial charge in [0, 0.05) is 12.6 Å². The molecule has 7 heteroatoms. The van der Waals surface area contributed by atoms with Gasteiger partial charge in [0.1, 0.15) is 18.2 Å². The third-order valence-electron chi connectivity index (χ3n) is 6.72. The summed E-state index contributed by atoms with van der Waals surface area (Å²) in [7, 11) is 4.68. The van der Waals surface area contributed by atoms with Crippen molar-refractivity contribution in [2.75, 3.05) is 28.1 Å². The van der Waals surface area contributed by atoms with Crippen molar-refractivity contribution in [1.29, 1.82) is 0 Å². The van der Waals surface area contributed by atoms with E-state index in [4.69, 9.17) is 23.7 Å². The van der Waals surface area contributed by atoms with Crippen LogP contribution in [0, 0.1) is 0 Å². The van der Waals surface area contributed by atoms with Crippen LogP contribution in [0.3, 0.4) is 0 Å². The second-order valence-electron chi connectivity index (χ2n) is 8.63. The van der Waals surface area contributed by atoms with Gasteiger partial charge in [0.05, 0.1) is 32.5 Å². The van der Waals surface area contributed by atoms with E-state index in [-0.39, 0.29) is 11.5 Å². The lowest BCUT2D eigenvalue weighted by Gasteiger charge is -2.37. The number of allylic oxidation sites excluding steroid dienone is 1. The molecule has 33 heavy (non-hydrogen) atoms. The third-order valence-corrected chi connectivity index (χ3v) is 6.72. The molecule has 0 unspecified atom stereocenters. The number of fused-ring (bicyclic) bond motifs is 3. The number of ketones is 1. The van der Waals surface area contributed by atoms with Crippen LogP contribution in [0.2, 0.25) is 0 Å². The molecule has 0 atom stereocenters. The number of nitrogens with zero attached hydrogens (tertiary/aromatic N) is 1. The van der Waals surface area contributed by atoms with E-state index in [9.17, 15) is 4.79 Å². The topological polar surface area (TPSA) is 66.5 Å². The van der Waals surface area contributed by atoms with Gasteiger partial charge in [-0.3, -0.25) is 9.69 Å². The fourth-order valence-corrected chi connectivity index (χ4v) is 4.99. The molecule has 1 aliphatic carbocycles. The van der Waals surface area contributed by atoms with E-state index in [2.05, 4.69) is 4.90 Å². The Morgan fingerprint density at radius 1 is 1.00 bits per heavy atom. The first kappa shape index (κ1) is 21.6. The molecule has 1 fully saturated rings. The maximum atomic E-state index is 13.2. The van der Waals surface area contributed by atoms with Gasteiger partial charge in [0.2, 0.25) is 11.5 Å². The molecule has 0 amide bonds. The minimum Gasteiger partial charge on any atom is -0.493 e. The zero-order valence-electron chi connectivity index (χ0n) is 19.3. The molecule has 0 spiro atoms. The van der Waals surface area contributed by atoms with Crippen LogP contribution in [0.5, 0.6) is 28.7 Å². The standard InChI is InChI=1S/C26H29NO6/c1-29-22-12-16(13-23(30-2)26(22)31-3)11-21-24(28)18-9-10-20-19(25(18)33-21)14-27(15-32-20)17-7-5-4-6-8-17/h9-13,17H,4-8,14-15H2,1-3H3/b21-11+. The maximum absolute atomic E-state index is 13.2. The van der Waals surface area contributed by atoms with Crippen LogP contribution < -0.4 is 23.7 Å². The van der Waals surface area contributed by atoms with Gasteiger partial charge in [-0.25, -0.2) is 0 Å². The Balaban J connectivity index is 1.46. The van der Waals surface area contributed by atoms with Gasteiger partial charge in [0.15, 0.2) is 17.3 Å². The van der Waals surface area contributed by atoms with Gasteiger partial charge < -0.3 is 23.7 Å². The average molecular weight is 452 g/mol. The molecule has 2 aromatic carbocycles. The van der Waals surface area contributed by atoms with Crippen LogP contribution in [0.15, 0.2) is 30.0 Å². The molecule has 1 saturated carbocycles. The third kappa shape index (κ3) is 3.91. The van der Waals surface area contributed by atoms with E-state index in [0.29, 0.717) is 41.3 Å². The average Bonchev–Trinajstić information content (AvgIpc) is 3.18. The van der Waals surface area contributed by atoms with Crippen molar-refractivity contribution in [1.82, 2.24) is 4.90 Å². The summed E-state index contributed by atoms with van der Waals surface area (Å²) < 4.78 is 28.5. The molecule has 0 aromatic heterocycles. The molecule has 7 nitrogen and oxygen atoms in total. The van der Waals surface area contributed by atoms with Crippen molar-refractivity contribution in [3.8, 4) is 28.7 Å². The molecule has 3 aliphatic rings. The van der Waals surface area contributed by atoms with E-state index in [0.717, 1.165) is 23.4 Å². The number of hydrogen-bond donors (Lipinski definition) is 0. The van der Waals surface area contributed by atoms with E-state index in [1.165, 1.54) is 32.1 Å². The van der Waals surface area contributed by atoms with Crippen LogP contribution in [-0.2, 0) is 6.54 Å². The Morgan fingerprint density at radius 2 is 1.73 bits per heavy atom. The van der Waals surface area contributed by atoms with Crippen molar-refractivity contribution in [3.63, 3.8) is 0 Å². The number of rotatable bonds is 5. The minimum atomic E-state index is -0.142. The monoisotopic (exact) mass is 451 g/mol. The molecular weight excluding hydrogens is 422 g/mol. The van der Waals surface area contributed by atoms with Crippen LogP contribution in [-0.4, -0.2) is 44.8 Å². The summed E-state index contributed by atoms with van der Waals surface area (Å²) >= 11 is 0. The molecule has 0 radical (unpaired) electrons. The number of carbonyl (C=O) groups excluding carboxylic acids is 1. The summed E-state index contributed by atoms with van der Waals surface area (Å²) in [6.45, 7) is 1.31. The van der Waals surface area contributed by atoms with Gasteiger partial charge in [-0.05, 0) is 48.7 Å². The summed E-state index contributed by atoms with van der Waals surface area (Å²) in [6.07, 6.45) is 7.93. The lowest BCUT2D eigenvalue weighted by atomic mass is 9.93. The van der Waals surface area contributed by atoms with Gasteiger partial charge >= 0.3 is 0 Å². The highest BCUT2D eigenvalue weighted by Gasteiger charge is 2.35. The second kappa shape index (κ2) is 8.98. The lowest BCUT2D eigenvalue weighted by molar-refractivity contribution is 0.0394. The Bertz CT molecular complexity index is 1080. The van der Waals surface area contributed by atoms with Gasteiger partial charge in [-0.15, -0.1) is 0 Å². The Kier molecular flexibility index (Phi) is 5.89. The Hall–Kier alpha value is -3.19. The lowest BCUT2D eigenvalue weighted by Crippen LogP contribution is -2.41. The Labute approximate surface area is 193 Å². The highest BCUT2D eigenvalue weighted by Crippen LogP contribution is 2.44. The summed E-state index contributed by atoms with van der Waals surface area (Å²) in [5.41, 5.74) is 2.24. The van der Waals surface area contributed by atoms with Crippen molar-refractivity contribution in [2.45, 2.75) is 44.7 Å². The quantitative estimate of drug-likeness (QED) is 0.604. The predicted octanol–water partition coefficient (Wildman–Crippen LogP) is 4.81. The van der Waals surface area contributed by atoms with Crippen molar-refractivity contribution < 1.29 is 28.5 Å². The summed E-state index contributed by atoms with van der Waals surface area (Å²) in [5.74, 6) is 3.05. The maximum Gasteiger partial charge on any atom is 0.231 e. The fourth-order valence-electron chi connectivity index (χ4n) is 4.99. The first-order valence-electron chi connectivity index (χ1n) is 11.4. The normalized spacial score (nSPS) is 19.5. The summed E-state index contributed by atoms with van der Waals surface area (Å²) in [5, 5.41) is 0.